The first kappa shape index (κ1) is 15.4. The maximum absolute atomic E-state index is 11.7. The molecule has 0 fully saturated rings. The molecule has 24 heavy (non-hydrogen) atoms. The number of anilines is 1. The predicted octanol–water partition coefficient (Wildman–Crippen LogP) is 2.84. The number of carboxylic acids is 1. The molecule has 3 N–H and O–H groups in total. The molecule has 0 radical (unpaired) electrons. The zero-order chi connectivity index (χ0) is 17.1. The fourth-order valence-electron chi connectivity index (χ4n) is 2.43. The third kappa shape index (κ3) is 2.87. The van der Waals surface area contributed by atoms with Gasteiger partial charge in [0.25, 0.3) is 0 Å². The van der Waals surface area contributed by atoms with Gasteiger partial charge in [-0.3, -0.25) is 4.79 Å². The van der Waals surface area contributed by atoms with Crippen LogP contribution in [0.4, 0.5) is 5.69 Å². The van der Waals surface area contributed by atoms with Crippen LogP contribution in [0, 0.1) is 0 Å². The van der Waals surface area contributed by atoms with Crippen LogP contribution >= 0.6 is 0 Å². The number of benzene rings is 1. The van der Waals surface area contributed by atoms with Gasteiger partial charge in [0.1, 0.15) is 12.0 Å². The van der Waals surface area contributed by atoms with Crippen LogP contribution in [0.3, 0.4) is 0 Å². The van der Waals surface area contributed by atoms with E-state index in [0.29, 0.717) is 28.0 Å². The summed E-state index contributed by atoms with van der Waals surface area (Å²) in [5.74, 6) is -1.30. The highest BCUT2D eigenvalue weighted by atomic mass is 16.4. The quantitative estimate of drug-likeness (QED) is 0.640. The highest BCUT2D eigenvalue weighted by Crippen LogP contribution is 2.29. The van der Waals surface area contributed by atoms with Gasteiger partial charge in [-0.05, 0) is 25.1 Å². The predicted molar refractivity (Wildman–Crippen MR) is 89.7 cm³/mol. The molecule has 1 amide bonds. The number of hydrogen-bond acceptors (Lipinski definition) is 4. The molecule has 7 nitrogen and oxygen atoms in total. The minimum atomic E-state index is -1.06. The molecule has 0 spiro atoms. The fourth-order valence-corrected chi connectivity index (χ4v) is 2.43. The van der Waals surface area contributed by atoms with E-state index in [1.54, 1.807) is 37.3 Å². The lowest BCUT2D eigenvalue weighted by Gasteiger charge is -2.07. The van der Waals surface area contributed by atoms with Gasteiger partial charge in [-0.15, -0.1) is 0 Å². The van der Waals surface area contributed by atoms with Crippen molar-refractivity contribution in [3.8, 4) is 11.3 Å². The van der Waals surface area contributed by atoms with Crippen molar-refractivity contribution in [1.82, 2.24) is 15.0 Å². The Kier molecular flexibility index (Phi) is 4.07. The molecule has 2 heterocycles. The summed E-state index contributed by atoms with van der Waals surface area (Å²) in [5.41, 5.74) is 2.31. The molecule has 0 aliphatic heterocycles. The number of allylic oxidation sites excluding steroid dienone is 1. The summed E-state index contributed by atoms with van der Waals surface area (Å²) in [6.45, 7) is 1.76. The third-order valence-electron chi connectivity index (χ3n) is 3.42. The molecule has 3 rings (SSSR count). The Hall–Kier alpha value is -3.48. The van der Waals surface area contributed by atoms with E-state index in [2.05, 4.69) is 20.3 Å². The molecular formula is C17H14N4O3. The molecule has 0 atom stereocenters. The molecule has 0 saturated carbocycles. The molecule has 120 valence electrons. The average Bonchev–Trinajstić information content (AvgIpc) is 2.99. The van der Waals surface area contributed by atoms with Crippen molar-refractivity contribution >= 4 is 28.6 Å². The van der Waals surface area contributed by atoms with Gasteiger partial charge in [0.05, 0.1) is 16.6 Å². The molecule has 0 aliphatic rings. The van der Waals surface area contributed by atoms with Crippen LogP contribution in [-0.4, -0.2) is 31.9 Å². The standard InChI is InChI=1S/C17H14N4O3/c1-2-4-13(22)21-11-6-3-5-10(7-11)15-14-12(17(23)24)8-18-16(14)20-9-19-15/h2-9H,1H3,(H,21,22)(H,23,24)(H,18,19,20)/b4-2+. The van der Waals surface area contributed by atoms with Crippen LogP contribution in [0.15, 0.2) is 48.9 Å². The lowest BCUT2D eigenvalue weighted by molar-refractivity contribution is -0.111. The van der Waals surface area contributed by atoms with Crippen molar-refractivity contribution in [2.45, 2.75) is 6.92 Å². The Morgan fingerprint density at radius 2 is 2.12 bits per heavy atom. The number of aromatic carboxylic acids is 1. The number of hydrogen-bond donors (Lipinski definition) is 3. The van der Waals surface area contributed by atoms with Crippen molar-refractivity contribution in [3.05, 3.63) is 54.5 Å². The maximum Gasteiger partial charge on any atom is 0.338 e. The van der Waals surface area contributed by atoms with Crippen LogP contribution < -0.4 is 5.32 Å². The molecule has 0 aliphatic carbocycles. The second-order valence-corrected chi connectivity index (χ2v) is 5.02. The summed E-state index contributed by atoms with van der Waals surface area (Å²) in [5, 5.41) is 12.5. The summed E-state index contributed by atoms with van der Waals surface area (Å²) < 4.78 is 0. The third-order valence-corrected chi connectivity index (χ3v) is 3.42. The number of aromatic amines is 1. The summed E-state index contributed by atoms with van der Waals surface area (Å²) >= 11 is 0. The summed E-state index contributed by atoms with van der Waals surface area (Å²) in [7, 11) is 0. The van der Waals surface area contributed by atoms with E-state index in [4.69, 9.17) is 0 Å². The lowest BCUT2D eigenvalue weighted by atomic mass is 10.1. The molecular weight excluding hydrogens is 308 g/mol. The van der Waals surface area contributed by atoms with Crippen molar-refractivity contribution in [2.24, 2.45) is 0 Å². The van der Waals surface area contributed by atoms with Crippen LogP contribution in [0.5, 0.6) is 0 Å². The smallest absolute Gasteiger partial charge is 0.338 e. The second kappa shape index (κ2) is 6.33. The zero-order valence-electron chi connectivity index (χ0n) is 12.8. The number of nitrogens with one attached hydrogen (secondary N) is 2. The first-order chi connectivity index (χ1) is 11.6. The molecule has 1 aromatic carbocycles. The van der Waals surface area contributed by atoms with Crippen molar-refractivity contribution in [3.63, 3.8) is 0 Å². The van der Waals surface area contributed by atoms with Crippen LogP contribution in [0.1, 0.15) is 17.3 Å². The molecule has 0 bridgehead atoms. The van der Waals surface area contributed by atoms with E-state index in [9.17, 15) is 14.7 Å². The molecule has 2 aromatic heterocycles. The van der Waals surface area contributed by atoms with Gasteiger partial charge in [-0.1, -0.05) is 18.2 Å². The van der Waals surface area contributed by atoms with E-state index in [0.717, 1.165) is 0 Å². The number of carboxylic acid groups (broad SMARTS) is 1. The van der Waals surface area contributed by atoms with Gasteiger partial charge in [-0.2, -0.15) is 0 Å². The Bertz CT molecular complexity index is 959. The summed E-state index contributed by atoms with van der Waals surface area (Å²) in [4.78, 5) is 34.2. The lowest BCUT2D eigenvalue weighted by Crippen LogP contribution is -2.07. The highest BCUT2D eigenvalue weighted by Gasteiger charge is 2.17. The first-order valence-electron chi connectivity index (χ1n) is 7.19. The van der Waals surface area contributed by atoms with E-state index in [-0.39, 0.29) is 11.5 Å². The fraction of sp³-hybridized carbons (Fsp3) is 0.0588. The van der Waals surface area contributed by atoms with Crippen LogP contribution in [-0.2, 0) is 4.79 Å². The highest BCUT2D eigenvalue weighted by molar-refractivity contribution is 6.07. The van der Waals surface area contributed by atoms with Gasteiger partial charge >= 0.3 is 5.97 Å². The first-order valence-corrected chi connectivity index (χ1v) is 7.19. The molecule has 0 saturated heterocycles. The topological polar surface area (TPSA) is 108 Å². The maximum atomic E-state index is 11.7. The minimum absolute atomic E-state index is 0.101. The summed E-state index contributed by atoms with van der Waals surface area (Å²) in [6, 6.07) is 7.05. The largest absolute Gasteiger partial charge is 0.478 e. The molecule has 7 heteroatoms. The monoisotopic (exact) mass is 322 g/mol. The van der Waals surface area contributed by atoms with Crippen molar-refractivity contribution in [2.75, 3.05) is 5.32 Å². The normalized spacial score (nSPS) is 11.0. The van der Waals surface area contributed by atoms with Gasteiger partial charge < -0.3 is 15.4 Å². The summed E-state index contributed by atoms with van der Waals surface area (Å²) in [6.07, 6.45) is 5.82. The second-order valence-electron chi connectivity index (χ2n) is 5.02. The number of H-pyrrole nitrogens is 1. The number of carbonyl (C=O) groups is 2. The Morgan fingerprint density at radius 1 is 1.29 bits per heavy atom. The number of carbonyl (C=O) groups excluding carboxylic acids is 1. The number of amides is 1. The molecule has 3 aromatic rings. The molecule has 0 unspecified atom stereocenters. The van der Waals surface area contributed by atoms with Crippen molar-refractivity contribution < 1.29 is 14.7 Å². The van der Waals surface area contributed by atoms with Crippen LogP contribution in [0.25, 0.3) is 22.3 Å². The average molecular weight is 322 g/mol. The number of nitrogens with zero attached hydrogens (tertiary/aromatic N) is 2. The Morgan fingerprint density at radius 3 is 2.88 bits per heavy atom. The van der Waals surface area contributed by atoms with Gasteiger partial charge in [0.15, 0.2) is 0 Å². The Balaban J connectivity index is 2.09. The van der Waals surface area contributed by atoms with E-state index in [1.807, 2.05) is 0 Å². The van der Waals surface area contributed by atoms with Crippen molar-refractivity contribution in [1.29, 1.82) is 0 Å². The zero-order valence-corrected chi connectivity index (χ0v) is 12.8. The SMILES string of the molecule is C/C=C/C(=O)Nc1cccc(-c2ncnc3[nH]cc(C(=O)O)c23)c1. The van der Waals surface area contributed by atoms with E-state index in [1.165, 1.54) is 18.6 Å². The van der Waals surface area contributed by atoms with Gasteiger partial charge in [0, 0.05) is 17.4 Å². The number of fused-ring (bicyclic) bond motifs is 1. The van der Waals surface area contributed by atoms with Gasteiger partial charge in [-0.25, -0.2) is 14.8 Å². The van der Waals surface area contributed by atoms with Crippen LogP contribution in [0.2, 0.25) is 0 Å². The van der Waals surface area contributed by atoms with E-state index < -0.39 is 5.97 Å². The van der Waals surface area contributed by atoms with Gasteiger partial charge in [0.2, 0.25) is 5.91 Å². The Labute approximate surface area is 137 Å². The number of aromatic nitrogens is 3. The number of rotatable bonds is 4. The van der Waals surface area contributed by atoms with E-state index >= 15 is 0 Å². The minimum Gasteiger partial charge on any atom is -0.478 e.